The number of nitrogens with zero attached hydrogens (tertiary/aromatic N) is 2. The van der Waals surface area contributed by atoms with E-state index in [-0.39, 0.29) is 12.3 Å². The summed E-state index contributed by atoms with van der Waals surface area (Å²) in [7, 11) is 7.06. The van der Waals surface area contributed by atoms with Gasteiger partial charge in [-0.05, 0) is 23.8 Å². The smallest absolute Gasteiger partial charge is 0.336 e. The zero-order valence-electron chi connectivity index (χ0n) is 20.0. The minimum atomic E-state index is -0.481. The largest absolute Gasteiger partial charge is 0.496 e. The summed E-state index contributed by atoms with van der Waals surface area (Å²) in [5.74, 6) is 0.630. The van der Waals surface area contributed by atoms with E-state index in [1.165, 1.54) is 6.07 Å². The van der Waals surface area contributed by atoms with Gasteiger partial charge in [-0.2, -0.15) is 0 Å². The van der Waals surface area contributed by atoms with Gasteiger partial charge in [-0.25, -0.2) is 4.79 Å². The van der Waals surface area contributed by atoms with Crippen LogP contribution in [-0.2, 0) is 9.53 Å². The highest BCUT2D eigenvalue weighted by Crippen LogP contribution is 2.43. The highest BCUT2D eigenvalue weighted by atomic mass is 16.5. The van der Waals surface area contributed by atoms with Crippen molar-refractivity contribution < 1.29 is 23.4 Å². The third-order valence-electron chi connectivity index (χ3n) is 6.21. The van der Waals surface area contributed by atoms with E-state index >= 15 is 0 Å². The average molecular weight is 467 g/mol. The predicted octanol–water partition coefficient (Wildman–Crippen LogP) is 3.26. The second-order valence-corrected chi connectivity index (χ2v) is 8.43. The fourth-order valence-electron chi connectivity index (χ4n) is 4.37. The van der Waals surface area contributed by atoms with Gasteiger partial charge in [0.2, 0.25) is 5.91 Å². The molecule has 2 heterocycles. The molecule has 8 nitrogen and oxygen atoms in total. The number of methoxy groups -OCH3 is 2. The molecule has 1 aliphatic rings. The van der Waals surface area contributed by atoms with Crippen molar-refractivity contribution in [1.82, 2.24) is 4.90 Å². The Kier molecular flexibility index (Phi) is 7.07. The van der Waals surface area contributed by atoms with E-state index in [9.17, 15) is 9.59 Å². The monoisotopic (exact) mass is 466 g/mol. The Balaban J connectivity index is 1.89. The number of carbonyl (C=O) groups is 1. The molecule has 0 N–H and O–H groups in total. The molecule has 1 aliphatic heterocycles. The summed E-state index contributed by atoms with van der Waals surface area (Å²) in [6.07, 6.45) is 0.192. The minimum absolute atomic E-state index is 0.00860. The van der Waals surface area contributed by atoms with E-state index in [2.05, 4.69) is 0 Å². The van der Waals surface area contributed by atoms with Gasteiger partial charge in [-0.15, -0.1) is 0 Å². The molecule has 180 valence electrons. The van der Waals surface area contributed by atoms with Crippen LogP contribution >= 0.6 is 0 Å². The Morgan fingerprint density at radius 2 is 1.71 bits per heavy atom. The van der Waals surface area contributed by atoms with Crippen LogP contribution in [0.4, 0.5) is 5.69 Å². The topological polar surface area (TPSA) is 81.5 Å². The van der Waals surface area contributed by atoms with E-state index in [0.29, 0.717) is 54.3 Å². The summed E-state index contributed by atoms with van der Waals surface area (Å²) in [5, 5.41) is 0.645. The van der Waals surface area contributed by atoms with Gasteiger partial charge in [0.1, 0.15) is 17.1 Å². The van der Waals surface area contributed by atoms with Crippen LogP contribution in [0.1, 0.15) is 23.5 Å². The van der Waals surface area contributed by atoms with Crippen LogP contribution in [0.3, 0.4) is 0 Å². The van der Waals surface area contributed by atoms with Crippen molar-refractivity contribution in [2.75, 3.05) is 59.5 Å². The first-order valence-corrected chi connectivity index (χ1v) is 11.2. The third kappa shape index (κ3) is 4.72. The van der Waals surface area contributed by atoms with Crippen LogP contribution in [-0.4, -0.2) is 65.4 Å². The average Bonchev–Trinajstić information content (AvgIpc) is 2.86. The Bertz CT molecular complexity index is 1210. The second-order valence-electron chi connectivity index (χ2n) is 8.43. The quantitative estimate of drug-likeness (QED) is 0.495. The van der Waals surface area contributed by atoms with Crippen molar-refractivity contribution in [2.45, 2.75) is 12.3 Å². The number of benzene rings is 2. The standard InChI is InChI=1S/C26H30N2O6/c1-27(2)18-7-5-17(6-8-18)20(15-23(29)28-11-13-33-14-12-28)25-22(32-4)16-21(31-3)19-9-10-24(30)34-26(19)25/h5-10,16,20H,11-15H2,1-4H3/t20-/m1/s1. The highest BCUT2D eigenvalue weighted by Gasteiger charge is 2.29. The van der Waals surface area contributed by atoms with Gasteiger partial charge in [0.25, 0.3) is 0 Å². The van der Waals surface area contributed by atoms with Gasteiger partial charge in [0.05, 0.1) is 32.8 Å². The number of fused-ring (bicyclic) bond motifs is 1. The number of anilines is 1. The Morgan fingerprint density at radius 3 is 2.32 bits per heavy atom. The van der Waals surface area contributed by atoms with Crippen LogP contribution in [0.5, 0.6) is 11.5 Å². The molecule has 0 spiro atoms. The minimum Gasteiger partial charge on any atom is -0.496 e. The number of carbonyl (C=O) groups excluding carboxylic acids is 1. The number of ether oxygens (including phenoxy) is 3. The second kappa shape index (κ2) is 10.2. The highest BCUT2D eigenvalue weighted by molar-refractivity contribution is 5.90. The van der Waals surface area contributed by atoms with Crippen LogP contribution in [0.25, 0.3) is 11.0 Å². The normalized spacial score (nSPS) is 14.6. The van der Waals surface area contributed by atoms with Crippen molar-refractivity contribution in [3.63, 3.8) is 0 Å². The van der Waals surface area contributed by atoms with E-state index in [0.717, 1.165) is 11.3 Å². The number of rotatable bonds is 7. The van der Waals surface area contributed by atoms with Gasteiger partial charge in [-0.1, -0.05) is 12.1 Å². The fourth-order valence-corrected chi connectivity index (χ4v) is 4.37. The zero-order chi connectivity index (χ0) is 24.2. The molecule has 1 fully saturated rings. The summed E-state index contributed by atoms with van der Waals surface area (Å²) in [6.45, 7) is 2.16. The maximum absolute atomic E-state index is 13.4. The number of hydrogen-bond donors (Lipinski definition) is 0. The molecule has 4 rings (SSSR count). The molecule has 34 heavy (non-hydrogen) atoms. The van der Waals surface area contributed by atoms with Gasteiger partial charge >= 0.3 is 5.63 Å². The lowest BCUT2D eigenvalue weighted by Gasteiger charge is -2.29. The third-order valence-corrected chi connectivity index (χ3v) is 6.21. The zero-order valence-corrected chi connectivity index (χ0v) is 20.0. The molecule has 2 aromatic carbocycles. The van der Waals surface area contributed by atoms with Gasteiger partial charge in [0, 0.05) is 62.9 Å². The maximum atomic E-state index is 13.4. The van der Waals surface area contributed by atoms with E-state index in [4.69, 9.17) is 18.6 Å². The van der Waals surface area contributed by atoms with Crippen molar-refractivity contribution >= 4 is 22.6 Å². The summed E-state index contributed by atoms with van der Waals surface area (Å²) < 4.78 is 22.4. The van der Waals surface area contributed by atoms with Crippen molar-refractivity contribution in [3.05, 3.63) is 64.0 Å². The summed E-state index contributed by atoms with van der Waals surface area (Å²) in [5.41, 5.74) is 2.49. The molecule has 1 saturated heterocycles. The first-order chi connectivity index (χ1) is 16.4. The number of hydrogen-bond acceptors (Lipinski definition) is 7. The van der Waals surface area contributed by atoms with Crippen LogP contribution in [0, 0.1) is 0 Å². The van der Waals surface area contributed by atoms with E-state index in [1.807, 2.05) is 48.2 Å². The van der Waals surface area contributed by atoms with E-state index < -0.39 is 11.5 Å². The predicted molar refractivity (Wildman–Crippen MR) is 130 cm³/mol. The lowest BCUT2D eigenvalue weighted by atomic mass is 9.86. The molecule has 1 aromatic heterocycles. The lowest BCUT2D eigenvalue weighted by molar-refractivity contribution is -0.135. The number of amides is 1. The molecular formula is C26H30N2O6. The van der Waals surface area contributed by atoms with Crippen LogP contribution in [0.2, 0.25) is 0 Å². The molecule has 3 aromatic rings. The van der Waals surface area contributed by atoms with Gasteiger partial charge in [-0.3, -0.25) is 4.79 Å². The van der Waals surface area contributed by atoms with Crippen molar-refractivity contribution in [3.8, 4) is 11.5 Å². The van der Waals surface area contributed by atoms with Gasteiger partial charge < -0.3 is 28.4 Å². The Hall–Kier alpha value is -3.52. The molecule has 0 unspecified atom stereocenters. The molecule has 0 saturated carbocycles. The summed E-state index contributed by atoms with van der Waals surface area (Å²) >= 11 is 0. The maximum Gasteiger partial charge on any atom is 0.336 e. The molecular weight excluding hydrogens is 436 g/mol. The summed E-state index contributed by atoms with van der Waals surface area (Å²) in [4.78, 5) is 29.4. The van der Waals surface area contributed by atoms with Crippen LogP contribution < -0.4 is 20.0 Å². The molecule has 0 bridgehead atoms. The lowest BCUT2D eigenvalue weighted by Crippen LogP contribution is -2.41. The molecule has 1 atom stereocenters. The fraction of sp³-hybridized carbons (Fsp3) is 0.385. The van der Waals surface area contributed by atoms with Crippen molar-refractivity contribution in [2.24, 2.45) is 0 Å². The van der Waals surface area contributed by atoms with E-state index in [1.54, 1.807) is 26.4 Å². The first kappa shape index (κ1) is 23.6. The SMILES string of the molecule is COc1cc(OC)c2ccc(=O)oc2c1[C@H](CC(=O)N1CCOCC1)c1ccc(N(C)C)cc1. The van der Waals surface area contributed by atoms with Crippen LogP contribution in [0.15, 0.2) is 51.7 Å². The summed E-state index contributed by atoms with van der Waals surface area (Å²) in [6, 6.07) is 12.8. The Labute approximate surface area is 198 Å². The molecule has 8 heteroatoms. The molecule has 1 amide bonds. The Morgan fingerprint density at radius 1 is 1.03 bits per heavy atom. The molecule has 0 radical (unpaired) electrons. The molecule has 0 aliphatic carbocycles. The van der Waals surface area contributed by atoms with Gasteiger partial charge in [0.15, 0.2) is 0 Å². The first-order valence-electron chi connectivity index (χ1n) is 11.2. The number of morpholine rings is 1. The van der Waals surface area contributed by atoms with Crippen molar-refractivity contribution in [1.29, 1.82) is 0 Å².